The van der Waals surface area contributed by atoms with Gasteiger partial charge in [-0.2, -0.15) is 0 Å². The van der Waals surface area contributed by atoms with Crippen LogP contribution in [0.5, 0.6) is 0 Å². The average Bonchev–Trinajstić information content (AvgIpc) is 3.12. The number of benzene rings is 2. The van der Waals surface area contributed by atoms with E-state index < -0.39 is 12.1 Å². The predicted molar refractivity (Wildman–Crippen MR) is 200 cm³/mol. The van der Waals surface area contributed by atoms with Crippen LogP contribution >= 0.6 is 46.4 Å². The van der Waals surface area contributed by atoms with Gasteiger partial charge in [0.2, 0.25) is 0 Å². The molecule has 0 fully saturated rings. The molecule has 51 heavy (non-hydrogen) atoms. The summed E-state index contributed by atoms with van der Waals surface area (Å²) in [6, 6.07) is 19.7. The molecule has 0 amide bonds. The van der Waals surface area contributed by atoms with Gasteiger partial charge in [0.25, 0.3) is 0 Å². The number of halogens is 4. The topological polar surface area (TPSA) is 176 Å². The van der Waals surface area contributed by atoms with Gasteiger partial charge in [0.05, 0.1) is 26.3 Å². The summed E-state index contributed by atoms with van der Waals surface area (Å²) in [6.07, 6.45) is 4.29. The van der Waals surface area contributed by atoms with Crippen LogP contribution in [0.2, 0.25) is 20.1 Å². The predicted octanol–water partition coefficient (Wildman–Crippen LogP) is 11.6. The zero-order valence-corrected chi connectivity index (χ0v) is 30.0. The van der Waals surface area contributed by atoms with Gasteiger partial charge in [-0.15, -0.1) is 0 Å². The van der Waals surface area contributed by atoms with Crippen LogP contribution in [0.4, 0.5) is 0 Å². The van der Waals surface area contributed by atoms with Gasteiger partial charge in [-0.25, -0.2) is 0 Å². The minimum Gasteiger partial charge on any atom is -0.469 e. The molecule has 0 unspecified atom stereocenters. The lowest BCUT2D eigenvalue weighted by atomic mass is 9.87. The highest BCUT2D eigenvalue weighted by Crippen LogP contribution is 2.39. The molecule has 16 heteroatoms. The quantitative estimate of drug-likeness (QED) is 0.0533. The van der Waals surface area contributed by atoms with E-state index in [1.165, 1.54) is 14.2 Å². The molecule has 0 bridgehead atoms. The minimum absolute atomic E-state index is 0. The summed E-state index contributed by atoms with van der Waals surface area (Å²) >= 11 is 24.0. The van der Waals surface area contributed by atoms with Crippen molar-refractivity contribution < 1.29 is 19.1 Å². The number of rotatable bonds is 14. The molecule has 4 aromatic rings. The van der Waals surface area contributed by atoms with Crippen molar-refractivity contribution in [1.29, 1.82) is 0 Å². The molecule has 268 valence electrons. The van der Waals surface area contributed by atoms with E-state index in [0.29, 0.717) is 44.3 Å². The molecule has 4 atom stereocenters. The monoisotopic (exact) mass is 772 g/mol. The molecule has 0 aliphatic heterocycles. The molecule has 4 rings (SSSR count). The summed E-state index contributed by atoms with van der Waals surface area (Å²) in [4.78, 5) is 37.8. The van der Waals surface area contributed by atoms with E-state index in [0.717, 1.165) is 11.1 Å². The van der Waals surface area contributed by atoms with E-state index in [9.17, 15) is 9.59 Å². The van der Waals surface area contributed by atoms with Crippen molar-refractivity contribution in [3.63, 3.8) is 0 Å². The van der Waals surface area contributed by atoms with Gasteiger partial charge in [-0.1, -0.05) is 88.3 Å². The number of hydrogen-bond donors (Lipinski definition) is 0. The van der Waals surface area contributed by atoms with Crippen LogP contribution < -0.4 is 0 Å². The third kappa shape index (κ3) is 13.6. The standard InChI is InChI=1S/2C17H16Cl2N4O2.CH4/c2*1-25-16(24)7-6-14(15-10-13(19)8-9-21-15)17(22-23-20)11-2-4-12(18)5-3-11;/h2*2-5,8-10,14,17H,6-7H2,1H3;1H4/t2*14-,17-;/m10./s1. The van der Waals surface area contributed by atoms with Crippen LogP contribution in [0, 0.1) is 0 Å². The van der Waals surface area contributed by atoms with E-state index >= 15 is 0 Å². The highest BCUT2D eigenvalue weighted by atomic mass is 35.5. The smallest absolute Gasteiger partial charge is 0.305 e. The van der Waals surface area contributed by atoms with Crippen molar-refractivity contribution in [1.82, 2.24) is 9.97 Å². The Morgan fingerprint density at radius 1 is 0.647 bits per heavy atom. The number of hydrogen-bond acceptors (Lipinski definition) is 8. The van der Waals surface area contributed by atoms with E-state index in [4.69, 9.17) is 66.9 Å². The summed E-state index contributed by atoms with van der Waals surface area (Å²) in [7, 11) is 2.66. The Balaban J connectivity index is 0.000000347. The van der Waals surface area contributed by atoms with Crippen LogP contribution in [-0.2, 0) is 19.1 Å². The fourth-order valence-corrected chi connectivity index (χ4v) is 5.71. The summed E-state index contributed by atoms with van der Waals surface area (Å²) in [5.74, 6) is -1.37. The molecule has 0 aliphatic rings. The minimum atomic E-state index is -0.558. The van der Waals surface area contributed by atoms with Crippen LogP contribution in [0.15, 0.2) is 95.4 Å². The lowest BCUT2D eigenvalue weighted by Gasteiger charge is -2.23. The zero-order valence-electron chi connectivity index (χ0n) is 26.9. The van der Waals surface area contributed by atoms with Crippen molar-refractivity contribution in [3.05, 3.63) is 149 Å². The Hall–Kier alpha value is -4.54. The number of carbonyl (C=O) groups excluding carboxylic acids is 2. The summed E-state index contributed by atoms with van der Waals surface area (Å²) in [6.45, 7) is 0. The van der Waals surface area contributed by atoms with E-state index in [1.807, 2.05) is 0 Å². The molecule has 2 heterocycles. The first-order chi connectivity index (χ1) is 24.1. The van der Waals surface area contributed by atoms with Gasteiger partial charge in [-0.05, 0) is 83.6 Å². The third-order valence-electron chi connectivity index (χ3n) is 7.56. The average molecular weight is 775 g/mol. The zero-order chi connectivity index (χ0) is 36.5. The van der Waals surface area contributed by atoms with Crippen molar-refractivity contribution in [2.45, 2.75) is 57.0 Å². The molecular weight excluding hydrogens is 738 g/mol. The number of esters is 2. The number of methoxy groups -OCH3 is 2. The van der Waals surface area contributed by atoms with Crippen molar-refractivity contribution in [2.75, 3.05) is 14.2 Å². The van der Waals surface area contributed by atoms with Gasteiger partial charge in [0.15, 0.2) is 0 Å². The lowest BCUT2D eigenvalue weighted by Crippen LogP contribution is -2.13. The van der Waals surface area contributed by atoms with E-state index in [-0.39, 0.29) is 44.0 Å². The molecular formula is C35H36Cl4N8O4. The van der Waals surface area contributed by atoms with Crippen LogP contribution in [0.25, 0.3) is 20.9 Å². The number of azide groups is 2. The normalized spacial score (nSPS) is 12.5. The van der Waals surface area contributed by atoms with Crippen LogP contribution in [0.3, 0.4) is 0 Å². The Morgan fingerprint density at radius 3 is 1.29 bits per heavy atom. The Kier molecular flexibility index (Phi) is 18.7. The molecule has 0 saturated heterocycles. The molecule has 0 saturated carbocycles. The first-order valence-corrected chi connectivity index (χ1v) is 16.6. The molecule has 2 aromatic heterocycles. The van der Waals surface area contributed by atoms with Crippen molar-refractivity contribution in [2.24, 2.45) is 10.2 Å². The number of ether oxygens (including phenoxy) is 2. The van der Waals surface area contributed by atoms with E-state index in [2.05, 4.69) is 30.0 Å². The van der Waals surface area contributed by atoms with Crippen molar-refractivity contribution >= 4 is 58.3 Å². The van der Waals surface area contributed by atoms with E-state index in [1.54, 1.807) is 85.2 Å². The van der Waals surface area contributed by atoms with Gasteiger partial charge in [0, 0.05) is 78.4 Å². The van der Waals surface area contributed by atoms with Crippen LogP contribution in [0.1, 0.15) is 79.5 Å². The number of carbonyl (C=O) groups is 2. The third-order valence-corrected chi connectivity index (χ3v) is 8.53. The Bertz CT molecular complexity index is 1690. The van der Waals surface area contributed by atoms with Gasteiger partial charge in [0.1, 0.15) is 0 Å². The summed E-state index contributed by atoms with van der Waals surface area (Å²) in [5, 5.41) is 10.1. The van der Waals surface area contributed by atoms with Crippen LogP contribution in [-0.4, -0.2) is 36.1 Å². The first kappa shape index (κ1) is 42.6. The summed E-state index contributed by atoms with van der Waals surface area (Å²) < 4.78 is 9.43. The van der Waals surface area contributed by atoms with Gasteiger partial charge < -0.3 is 9.47 Å². The fourth-order valence-electron chi connectivity index (χ4n) is 5.12. The molecule has 0 spiro atoms. The maximum atomic E-state index is 11.6. The summed E-state index contributed by atoms with van der Waals surface area (Å²) in [5.41, 5.74) is 20.9. The number of nitrogens with zero attached hydrogens (tertiary/aromatic N) is 8. The maximum absolute atomic E-state index is 11.6. The fraction of sp³-hybridized carbons (Fsp3) is 0.314. The largest absolute Gasteiger partial charge is 0.469 e. The van der Waals surface area contributed by atoms with Gasteiger partial charge in [-0.3, -0.25) is 19.6 Å². The second kappa shape index (κ2) is 22.3. The maximum Gasteiger partial charge on any atom is 0.305 e. The SMILES string of the molecule is C.COC(=O)CC[C@@H](c1cc(Cl)ccn1)[C@@H](N=[N+]=[N-])c1ccc(Cl)cc1.COC(=O)CC[C@H](c1cc(Cl)ccn1)[C@H](N=[N+]=[N-])c1ccc(Cl)cc1. The Morgan fingerprint density at radius 2 is 1.00 bits per heavy atom. The van der Waals surface area contributed by atoms with Crippen molar-refractivity contribution in [3.8, 4) is 0 Å². The molecule has 12 nitrogen and oxygen atoms in total. The van der Waals surface area contributed by atoms with Gasteiger partial charge >= 0.3 is 11.9 Å². The molecule has 2 aromatic carbocycles. The number of pyridine rings is 2. The molecule has 0 N–H and O–H groups in total. The highest BCUT2D eigenvalue weighted by molar-refractivity contribution is 6.31. The number of aromatic nitrogens is 2. The second-order valence-corrected chi connectivity index (χ2v) is 12.4. The molecule has 0 aliphatic carbocycles. The first-order valence-electron chi connectivity index (χ1n) is 15.1. The lowest BCUT2D eigenvalue weighted by molar-refractivity contribution is -0.141. The molecule has 0 radical (unpaired) electrons. The highest BCUT2D eigenvalue weighted by Gasteiger charge is 2.28. The Labute approximate surface area is 316 Å². The second-order valence-electron chi connectivity index (χ2n) is 10.6.